The van der Waals surface area contributed by atoms with E-state index >= 15 is 0 Å². The highest BCUT2D eigenvalue weighted by Crippen LogP contribution is 2.32. The van der Waals surface area contributed by atoms with Gasteiger partial charge in [-0.1, -0.05) is 17.8 Å². The van der Waals surface area contributed by atoms with Crippen molar-refractivity contribution in [3.63, 3.8) is 0 Å². The van der Waals surface area contributed by atoms with E-state index in [0.29, 0.717) is 30.0 Å². The lowest BCUT2D eigenvalue weighted by Gasteiger charge is -2.31. The third-order valence-corrected chi connectivity index (χ3v) is 6.59. The smallest absolute Gasteiger partial charge is 0.261 e. The molecule has 1 aliphatic rings. The molecule has 1 aliphatic heterocycles. The lowest BCUT2D eigenvalue weighted by Crippen LogP contribution is -2.35. The van der Waals surface area contributed by atoms with E-state index in [1.165, 1.54) is 12.1 Å². The molecule has 0 unspecified atom stereocenters. The first-order valence-electron chi connectivity index (χ1n) is 11.6. The van der Waals surface area contributed by atoms with Gasteiger partial charge in [0.15, 0.2) is 17.0 Å². The number of ether oxygens (including phenoxy) is 1. The van der Waals surface area contributed by atoms with Gasteiger partial charge < -0.3 is 14.2 Å². The van der Waals surface area contributed by atoms with E-state index in [1.807, 2.05) is 13.0 Å². The number of piperidine rings is 1. The number of hydrogen-bond acceptors (Lipinski definition) is 6. The Kier molecular flexibility index (Phi) is 6.15. The maximum absolute atomic E-state index is 13.4. The predicted octanol–water partition coefficient (Wildman–Crippen LogP) is 4.27. The van der Waals surface area contributed by atoms with Crippen LogP contribution in [0.1, 0.15) is 35.7 Å². The van der Waals surface area contributed by atoms with Gasteiger partial charge in [0.25, 0.3) is 5.56 Å². The van der Waals surface area contributed by atoms with E-state index in [4.69, 9.17) is 9.26 Å². The molecule has 4 aromatic rings. The summed E-state index contributed by atoms with van der Waals surface area (Å²) >= 11 is 0. The molecule has 0 radical (unpaired) electrons. The molecule has 0 saturated carbocycles. The van der Waals surface area contributed by atoms with Crippen LogP contribution in [0.4, 0.5) is 4.39 Å². The van der Waals surface area contributed by atoms with Gasteiger partial charge in [-0.15, -0.1) is 0 Å². The Morgan fingerprint density at radius 1 is 1.29 bits per heavy atom. The average Bonchev–Trinajstić information content (AvgIpc) is 3.26. The summed E-state index contributed by atoms with van der Waals surface area (Å²) in [6.45, 7) is 8.50. The number of hydrogen-bond donors (Lipinski definition) is 0. The van der Waals surface area contributed by atoms with Crippen molar-refractivity contribution in [3.05, 3.63) is 82.3 Å². The second kappa shape index (κ2) is 9.38. The van der Waals surface area contributed by atoms with Crippen molar-refractivity contribution in [2.24, 2.45) is 0 Å². The van der Waals surface area contributed by atoms with Crippen LogP contribution in [0.5, 0.6) is 5.75 Å². The molecule has 0 bridgehead atoms. The molecule has 0 aliphatic carbocycles. The first-order chi connectivity index (χ1) is 16.5. The number of aromatic nitrogens is 3. The molecule has 0 spiro atoms. The molecule has 1 fully saturated rings. The number of halogens is 1. The Labute approximate surface area is 196 Å². The quantitative estimate of drug-likeness (QED) is 0.382. The topological polar surface area (TPSA) is 72.9 Å². The van der Waals surface area contributed by atoms with Gasteiger partial charge in [0.05, 0.1) is 5.69 Å². The predicted molar refractivity (Wildman–Crippen MR) is 128 cm³/mol. The van der Waals surface area contributed by atoms with E-state index in [1.54, 1.807) is 28.8 Å². The second-order valence-electron chi connectivity index (χ2n) is 8.72. The number of fused-ring (bicyclic) bond motifs is 2. The average molecular weight is 463 g/mol. The fraction of sp³-hybridized carbons (Fsp3) is 0.346. The molecule has 7 nitrogen and oxygen atoms in total. The molecule has 0 amide bonds. The van der Waals surface area contributed by atoms with Crippen molar-refractivity contribution in [1.29, 1.82) is 0 Å². The summed E-state index contributed by atoms with van der Waals surface area (Å²) in [7, 11) is 0. The number of benzene rings is 1. The summed E-state index contributed by atoms with van der Waals surface area (Å²) in [4.78, 5) is 20.2. The van der Waals surface area contributed by atoms with Crippen LogP contribution in [0, 0.1) is 12.7 Å². The second-order valence-corrected chi connectivity index (χ2v) is 8.72. The zero-order valence-electron chi connectivity index (χ0n) is 19.2. The van der Waals surface area contributed by atoms with Gasteiger partial charge in [0.1, 0.15) is 12.4 Å². The zero-order valence-corrected chi connectivity index (χ0v) is 19.2. The molecule has 3 aromatic heterocycles. The molecule has 0 atom stereocenters. The van der Waals surface area contributed by atoms with E-state index in [2.05, 4.69) is 21.6 Å². The van der Waals surface area contributed by atoms with Gasteiger partial charge in [-0.3, -0.25) is 9.20 Å². The maximum atomic E-state index is 13.4. The SMILES string of the molecule is C=CCOc1cccn2c(=O)c(CCN3CCC(c4noc5cc(F)ccc45)CC3)c(C)nc12. The number of nitrogens with zero attached hydrogens (tertiary/aromatic N) is 4. The lowest BCUT2D eigenvalue weighted by molar-refractivity contribution is 0.211. The molecule has 4 heterocycles. The van der Waals surface area contributed by atoms with Crippen LogP contribution in [0.15, 0.2) is 58.5 Å². The first-order valence-corrected chi connectivity index (χ1v) is 11.6. The fourth-order valence-corrected chi connectivity index (χ4v) is 4.75. The summed E-state index contributed by atoms with van der Waals surface area (Å²) in [6, 6.07) is 8.18. The Morgan fingerprint density at radius 2 is 2.12 bits per heavy atom. The lowest BCUT2D eigenvalue weighted by atomic mass is 9.91. The molecule has 176 valence electrons. The van der Waals surface area contributed by atoms with E-state index < -0.39 is 0 Å². The molecule has 5 rings (SSSR count). The number of likely N-dealkylation sites (tertiary alicyclic amines) is 1. The van der Waals surface area contributed by atoms with Crippen LogP contribution >= 0.6 is 0 Å². The first kappa shape index (κ1) is 22.3. The van der Waals surface area contributed by atoms with Gasteiger partial charge in [0, 0.05) is 41.4 Å². The van der Waals surface area contributed by atoms with Crippen LogP contribution in [0.3, 0.4) is 0 Å². The van der Waals surface area contributed by atoms with Gasteiger partial charge in [-0.2, -0.15) is 0 Å². The minimum absolute atomic E-state index is 0.0530. The van der Waals surface area contributed by atoms with Gasteiger partial charge in [0.2, 0.25) is 0 Å². The highest BCUT2D eigenvalue weighted by atomic mass is 19.1. The van der Waals surface area contributed by atoms with E-state index in [0.717, 1.165) is 54.8 Å². The van der Waals surface area contributed by atoms with Gasteiger partial charge >= 0.3 is 0 Å². The molecule has 0 N–H and O–H groups in total. The third-order valence-electron chi connectivity index (χ3n) is 6.59. The van der Waals surface area contributed by atoms with Crippen LogP contribution in [0.2, 0.25) is 0 Å². The number of aryl methyl sites for hydroxylation is 1. The Hall–Kier alpha value is -3.52. The van der Waals surface area contributed by atoms with Crippen molar-refractivity contribution < 1.29 is 13.7 Å². The van der Waals surface area contributed by atoms with Crippen molar-refractivity contribution in [3.8, 4) is 5.75 Å². The summed E-state index contributed by atoms with van der Waals surface area (Å²) in [6.07, 6.45) is 5.91. The minimum atomic E-state index is -0.320. The van der Waals surface area contributed by atoms with Crippen molar-refractivity contribution >= 4 is 16.6 Å². The fourth-order valence-electron chi connectivity index (χ4n) is 4.75. The summed E-state index contributed by atoms with van der Waals surface area (Å²) < 4.78 is 26.0. The Bertz CT molecular complexity index is 1400. The highest BCUT2D eigenvalue weighted by molar-refractivity contribution is 5.79. The maximum Gasteiger partial charge on any atom is 0.261 e. The molecule has 8 heteroatoms. The summed E-state index contributed by atoms with van der Waals surface area (Å²) in [5, 5.41) is 5.12. The van der Waals surface area contributed by atoms with Crippen LogP contribution < -0.4 is 10.3 Å². The van der Waals surface area contributed by atoms with Crippen molar-refractivity contribution in [2.45, 2.75) is 32.1 Å². The van der Waals surface area contributed by atoms with Crippen LogP contribution in [-0.4, -0.2) is 45.7 Å². The third kappa shape index (κ3) is 4.21. The Morgan fingerprint density at radius 3 is 2.91 bits per heavy atom. The largest absolute Gasteiger partial charge is 0.486 e. The van der Waals surface area contributed by atoms with E-state index in [9.17, 15) is 9.18 Å². The number of pyridine rings is 1. The standard InChI is InChI=1S/C26H27FN4O3/c1-3-15-33-22-5-4-11-31-25(22)28-17(2)20(26(31)32)10-14-30-12-8-18(9-13-30)24-21-7-6-19(27)16-23(21)34-29-24/h3-7,11,16,18H,1,8-10,12-15H2,2H3. The summed E-state index contributed by atoms with van der Waals surface area (Å²) in [5.41, 5.74) is 3.34. The van der Waals surface area contributed by atoms with Gasteiger partial charge in [-0.05, 0) is 63.5 Å². The molecular weight excluding hydrogens is 435 g/mol. The number of rotatable bonds is 7. The van der Waals surface area contributed by atoms with Gasteiger partial charge in [-0.25, -0.2) is 9.37 Å². The normalized spacial score (nSPS) is 15.2. The highest BCUT2D eigenvalue weighted by Gasteiger charge is 2.25. The molecule has 34 heavy (non-hydrogen) atoms. The van der Waals surface area contributed by atoms with Crippen LogP contribution in [-0.2, 0) is 6.42 Å². The minimum Gasteiger partial charge on any atom is -0.486 e. The molecule has 1 saturated heterocycles. The van der Waals surface area contributed by atoms with Crippen molar-refractivity contribution in [2.75, 3.05) is 26.2 Å². The van der Waals surface area contributed by atoms with Crippen LogP contribution in [0.25, 0.3) is 16.6 Å². The van der Waals surface area contributed by atoms with E-state index in [-0.39, 0.29) is 17.3 Å². The zero-order chi connectivity index (χ0) is 23.7. The molecular formula is C26H27FN4O3. The molecule has 1 aromatic carbocycles. The Balaban J connectivity index is 1.26. The van der Waals surface area contributed by atoms with Crippen molar-refractivity contribution in [1.82, 2.24) is 19.4 Å². The monoisotopic (exact) mass is 462 g/mol. The summed E-state index contributed by atoms with van der Waals surface area (Å²) in [5.74, 6) is 0.533.